The molecule has 1 aromatic rings. The summed E-state index contributed by atoms with van der Waals surface area (Å²) in [6, 6.07) is 9.60. The van der Waals surface area contributed by atoms with Crippen molar-refractivity contribution in [2.24, 2.45) is 0 Å². The van der Waals surface area contributed by atoms with Gasteiger partial charge < -0.3 is 9.53 Å². The molecule has 0 bridgehead atoms. The minimum Gasteiger partial charge on any atom is -0.444 e. The van der Waals surface area contributed by atoms with E-state index in [0.717, 1.165) is 11.8 Å². The molecule has 21 heavy (non-hydrogen) atoms. The van der Waals surface area contributed by atoms with E-state index >= 15 is 0 Å². The average Bonchev–Trinajstić information content (AvgIpc) is 2.43. The molecule has 0 fully saturated rings. The third-order valence-electron chi connectivity index (χ3n) is 3.04. The van der Waals surface area contributed by atoms with E-state index in [1.54, 1.807) is 40.8 Å². The molecular formula is C17H23NO3. The topological polar surface area (TPSA) is 46.6 Å². The maximum atomic E-state index is 12.1. The summed E-state index contributed by atoms with van der Waals surface area (Å²) in [5, 5.41) is 0. The van der Waals surface area contributed by atoms with Gasteiger partial charge >= 0.3 is 6.09 Å². The SMILES string of the molecule is CN(C(=O)OC(C)(C)C)C(C)(C=O)/C=C/c1ccccc1. The van der Waals surface area contributed by atoms with Crippen molar-refractivity contribution in [3.63, 3.8) is 0 Å². The zero-order valence-electron chi connectivity index (χ0n) is 13.3. The first-order valence-electron chi connectivity index (χ1n) is 6.85. The number of ether oxygens (including phenoxy) is 1. The fourth-order valence-electron chi connectivity index (χ4n) is 1.59. The molecule has 1 rings (SSSR count). The first kappa shape index (κ1) is 17.0. The van der Waals surface area contributed by atoms with Crippen LogP contribution in [0.4, 0.5) is 4.79 Å². The molecule has 114 valence electrons. The number of carbonyl (C=O) groups is 2. The Bertz CT molecular complexity index is 517. The fourth-order valence-corrected chi connectivity index (χ4v) is 1.59. The summed E-state index contributed by atoms with van der Waals surface area (Å²) in [6.45, 7) is 7.04. The molecule has 1 aromatic carbocycles. The van der Waals surface area contributed by atoms with Crippen molar-refractivity contribution in [1.82, 2.24) is 4.90 Å². The molecule has 0 aliphatic rings. The van der Waals surface area contributed by atoms with Crippen molar-refractivity contribution >= 4 is 18.5 Å². The largest absolute Gasteiger partial charge is 0.444 e. The number of likely N-dealkylation sites (N-methyl/N-ethyl adjacent to an activating group) is 1. The Morgan fingerprint density at radius 3 is 2.19 bits per heavy atom. The molecule has 0 saturated carbocycles. The molecule has 0 aromatic heterocycles. The van der Waals surface area contributed by atoms with Gasteiger partial charge in [-0.15, -0.1) is 0 Å². The normalized spacial score (nSPS) is 14.5. The zero-order valence-corrected chi connectivity index (χ0v) is 13.3. The van der Waals surface area contributed by atoms with Crippen LogP contribution in [0.2, 0.25) is 0 Å². The van der Waals surface area contributed by atoms with Crippen molar-refractivity contribution in [2.45, 2.75) is 38.8 Å². The van der Waals surface area contributed by atoms with Gasteiger partial charge in [0.15, 0.2) is 0 Å². The highest BCUT2D eigenvalue weighted by atomic mass is 16.6. The van der Waals surface area contributed by atoms with Gasteiger partial charge in [-0.25, -0.2) is 4.79 Å². The predicted molar refractivity (Wildman–Crippen MR) is 83.9 cm³/mol. The Balaban J connectivity index is 2.91. The van der Waals surface area contributed by atoms with Crippen LogP contribution in [0.3, 0.4) is 0 Å². The number of rotatable bonds is 4. The van der Waals surface area contributed by atoms with Gasteiger partial charge in [-0.05, 0) is 33.3 Å². The lowest BCUT2D eigenvalue weighted by molar-refractivity contribution is -0.114. The number of amides is 1. The van der Waals surface area contributed by atoms with E-state index in [1.165, 1.54) is 4.90 Å². The zero-order chi connectivity index (χ0) is 16.1. The number of aldehydes is 1. The summed E-state index contributed by atoms with van der Waals surface area (Å²) in [4.78, 5) is 24.8. The van der Waals surface area contributed by atoms with Crippen molar-refractivity contribution in [1.29, 1.82) is 0 Å². The molecule has 0 heterocycles. The van der Waals surface area contributed by atoms with Gasteiger partial charge in [-0.2, -0.15) is 0 Å². The molecule has 0 spiro atoms. The van der Waals surface area contributed by atoms with Crippen LogP contribution in [0.25, 0.3) is 6.08 Å². The Kier molecular flexibility index (Phi) is 5.30. The first-order valence-corrected chi connectivity index (χ1v) is 6.85. The van der Waals surface area contributed by atoms with E-state index in [2.05, 4.69) is 0 Å². The summed E-state index contributed by atoms with van der Waals surface area (Å²) in [5.74, 6) is 0. The highest BCUT2D eigenvalue weighted by molar-refractivity contribution is 5.79. The number of nitrogens with zero attached hydrogens (tertiary/aromatic N) is 1. The molecule has 0 aliphatic carbocycles. The van der Waals surface area contributed by atoms with Crippen LogP contribution in [0.5, 0.6) is 0 Å². The lowest BCUT2D eigenvalue weighted by Crippen LogP contribution is -2.49. The number of carbonyl (C=O) groups excluding carboxylic acids is 2. The molecular weight excluding hydrogens is 266 g/mol. The van der Waals surface area contributed by atoms with Gasteiger partial charge in [0.05, 0.1) is 0 Å². The highest BCUT2D eigenvalue weighted by Gasteiger charge is 2.32. The number of hydrogen-bond donors (Lipinski definition) is 0. The molecule has 0 saturated heterocycles. The van der Waals surface area contributed by atoms with E-state index in [-0.39, 0.29) is 0 Å². The van der Waals surface area contributed by atoms with E-state index < -0.39 is 17.2 Å². The van der Waals surface area contributed by atoms with Crippen LogP contribution in [0, 0.1) is 0 Å². The lowest BCUT2D eigenvalue weighted by atomic mass is 10.0. The van der Waals surface area contributed by atoms with E-state index in [4.69, 9.17) is 4.74 Å². The Morgan fingerprint density at radius 2 is 1.71 bits per heavy atom. The minimum atomic E-state index is -1.06. The maximum Gasteiger partial charge on any atom is 0.411 e. The minimum absolute atomic E-state index is 0.533. The molecule has 1 amide bonds. The molecule has 4 heteroatoms. The third-order valence-corrected chi connectivity index (χ3v) is 3.04. The maximum absolute atomic E-state index is 12.1. The van der Waals surface area contributed by atoms with Crippen molar-refractivity contribution in [3.8, 4) is 0 Å². The van der Waals surface area contributed by atoms with Gasteiger partial charge in [-0.3, -0.25) is 4.90 Å². The summed E-state index contributed by atoms with van der Waals surface area (Å²) >= 11 is 0. The monoisotopic (exact) mass is 289 g/mol. The highest BCUT2D eigenvalue weighted by Crippen LogP contribution is 2.18. The van der Waals surface area contributed by atoms with E-state index in [9.17, 15) is 9.59 Å². The van der Waals surface area contributed by atoms with Gasteiger partial charge in [0.1, 0.15) is 17.4 Å². The molecule has 0 radical (unpaired) electrons. The summed E-state index contributed by atoms with van der Waals surface area (Å²) in [6.07, 6.45) is 3.71. The number of benzene rings is 1. The van der Waals surface area contributed by atoms with Gasteiger partial charge in [0.25, 0.3) is 0 Å². The van der Waals surface area contributed by atoms with Crippen LogP contribution < -0.4 is 0 Å². The Labute approximate surface area is 126 Å². The quantitative estimate of drug-likeness (QED) is 0.797. The van der Waals surface area contributed by atoms with Gasteiger partial charge in [0, 0.05) is 7.05 Å². The van der Waals surface area contributed by atoms with E-state index in [0.29, 0.717) is 0 Å². The summed E-state index contributed by atoms with van der Waals surface area (Å²) < 4.78 is 5.29. The Hall–Kier alpha value is -2.10. The Morgan fingerprint density at radius 1 is 1.14 bits per heavy atom. The summed E-state index contributed by atoms with van der Waals surface area (Å²) in [7, 11) is 1.55. The second-order valence-electron chi connectivity index (χ2n) is 6.13. The van der Waals surface area contributed by atoms with Crippen molar-refractivity contribution < 1.29 is 14.3 Å². The molecule has 0 aliphatic heterocycles. The first-order chi connectivity index (χ1) is 9.68. The van der Waals surface area contributed by atoms with Crippen LogP contribution >= 0.6 is 0 Å². The van der Waals surface area contributed by atoms with Crippen molar-refractivity contribution in [2.75, 3.05) is 7.05 Å². The van der Waals surface area contributed by atoms with Crippen LogP contribution in [-0.2, 0) is 9.53 Å². The van der Waals surface area contributed by atoms with Crippen LogP contribution in [0.15, 0.2) is 36.4 Å². The van der Waals surface area contributed by atoms with Crippen molar-refractivity contribution in [3.05, 3.63) is 42.0 Å². The van der Waals surface area contributed by atoms with E-state index in [1.807, 2.05) is 36.4 Å². The second-order valence-corrected chi connectivity index (χ2v) is 6.13. The predicted octanol–water partition coefficient (Wildman–Crippen LogP) is 3.52. The molecule has 1 atom stereocenters. The molecule has 4 nitrogen and oxygen atoms in total. The molecule has 1 unspecified atom stereocenters. The van der Waals surface area contributed by atoms with Gasteiger partial charge in [-0.1, -0.05) is 42.5 Å². The lowest BCUT2D eigenvalue weighted by Gasteiger charge is -2.33. The standard InChI is InChI=1S/C17H23NO3/c1-16(2,3)21-15(20)18(5)17(4,13-19)12-11-14-9-7-6-8-10-14/h6-13H,1-5H3/b12-11+. The summed E-state index contributed by atoms with van der Waals surface area (Å²) in [5.41, 5.74) is -0.695. The second kappa shape index (κ2) is 6.57. The molecule has 0 N–H and O–H groups in total. The fraction of sp³-hybridized carbons (Fsp3) is 0.412. The smallest absolute Gasteiger partial charge is 0.411 e. The van der Waals surface area contributed by atoms with Crippen LogP contribution in [-0.4, -0.2) is 35.5 Å². The average molecular weight is 289 g/mol. The number of hydrogen-bond acceptors (Lipinski definition) is 3. The third kappa shape index (κ3) is 5.06. The van der Waals surface area contributed by atoms with Crippen LogP contribution in [0.1, 0.15) is 33.3 Å². The van der Waals surface area contributed by atoms with Gasteiger partial charge in [0.2, 0.25) is 0 Å².